The monoisotopic (exact) mass is 757 g/mol. The van der Waals surface area contributed by atoms with Crippen molar-refractivity contribution in [1.82, 2.24) is 9.80 Å². The van der Waals surface area contributed by atoms with Gasteiger partial charge in [0, 0.05) is 0 Å². The van der Waals surface area contributed by atoms with Gasteiger partial charge in [-0.1, -0.05) is 156 Å². The lowest BCUT2D eigenvalue weighted by atomic mass is 10.1. The molecule has 0 aromatic heterocycles. The van der Waals surface area contributed by atoms with Crippen LogP contribution in [0.25, 0.3) is 0 Å². The first kappa shape index (κ1) is 50.1. The van der Waals surface area contributed by atoms with Crippen LogP contribution in [-0.4, -0.2) is 74.2 Å². The highest BCUT2D eigenvalue weighted by atomic mass is 16.5. The van der Waals surface area contributed by atoms with Crippen LogP contribution < -0.4 is 0 Å². The molecule has 0 heterocycles. The summed E-state index contributed by atoms with van der Waals surface area (Å²) >= 11 is 0. The van der Waals surface area contributed by atoms with Crippen LogP contribution in [0.5, 0.6) is 0 Å². The second-order valence-electron chi connectivity index (χ2n) is 16.0. The van der Waals surface area contributed by atoms with Crippen molar-refractivity contribution in [3.05, 3.63) is 35.4 Å². The minimum atomic E-state index is -0.322. The summed E-state index contributed by atoms with van der Waals surface area (Å²) in [7, 11) is 0. The van der Waals surface area contributed by atoms with E-state index in [9.17, 15) is 9.59 Å². The summed E-state index contributed by atoms with van der Waals surface area (Å²) in [6.07, 6.45) is 35.8. The summed E-state index contributed by atoms with van der Waals surface area (Å²) in [6, 6.07) is 6.74. The van der Waals surface area contributed by atoms with Crippen LogP contribution in [0.4, 0.5) is 0 Å². The Morgan fingerprint density at radius 3 is 0.833 bits per heavy atom. The van der Waals surface area contributed by atoms with Crippen molar-refractivity contribution in [2.75, 3.05) is 52.5 Å². The van der Waals surface area contributed by atoms with Crippen molar-refractivity contribution in [1.29, 1.82) is 0 Å². The highest BCUT2D eigenvalue weighted by Crippen LogP contribution is 2.13. The molecule has 6 nitrogen and oxygen atoms in total. The van der Waals surface area contributed by atoms with Crippen LogP contribution in [0.2, 0.25) is 0 Å². The van der Waals surface area contributed by atoms with Gasteiger partial charge in [0.1, 0.15) is 0 Å². The molecule has 0 spiro atoms. The number of ether oxygens (including phenoxy) is 2. The molecule has 1 aromatic rings. The van der Waals surface area contributed by atoms with Gasteiger partial charge < -0.3 is 19.3 Å². The highest BCUT2D eigenvalue weighted by molar-refractivity contribution is 5.93. The van der Waals surface area contributed by atoms with Gasteiger partial charge in [-0.15, -0.1) is 0 Å². The molecule has 0 bridgehead atoms. The maximum atomic E-state index is 12.7. The Bertz CT molecular complexity index is 859. The second kappa shape index (κ2) is 38.0. The van der Waals surface area contributed by atoms with Gasteiger partial charge in [-0.05, 0) is 115 Å². The maximum absolute atomic E-state index is 12.7. The molecule has 1 rings (SSSR count). The van der Waals surface area contributed by atoms with Gasteiger partial charge in [0.25, 0.3) is 0 Å². The van der Waals surface area contributed by atoms with Crippen molar-refractivity contribution in [3.63, 3.8) is 0 Å². The number of carbonyl (C=O) groups excluding carboxylic acids is 2. The summed E-state index contributed by atoms with van der Waals surface area (Å²) in [5.74, 6) is -0.644. The Morgan fingerprint density at radius 1 is 0.352 bits per heavy atom. The molecule has 0 amide bonds. The smallest absolute Gasteiger partial charge is 0.338 e. The molecule has 0 aliphatic carbocycles. The molecule has 0 aliphatic rings. The quantitative estimate of drug-likeness (QED) is 0.0491. The number of hydrogen-bond acceptors (Lipinski definition) is 6. The summed E-state index contributed by atoms with van der Waals surface area (Å²) in [6.45, 7) is 16.9. The largest absolute Gasteiger partial charge is 0.462 e. The first-order valence-electron chi connectivity index (χ1n) is 23.4. The molecule has 0 N–H and O–H groups in total. The van der Waals surface area contributed by atoms with Gasteiger partial charge in [-0.25, -0.2) is 9.59 Å². The number of esters is 2. The third-order valence-electron chi connectivity index (χ3n) is 10.9. The molecule has 0 unspecified atom stereocenters. The number of unbranched alkanes of at least 4 members (excludes halogenated alkanes) is 22. The number of nitrogens with zero attached hydrogens (tertiary/aromatic N) is 2. The first-order valence-corrected chi connectivity index (χ1v) is 23.4. The van der Waals surface area contributed by atoms with Gasteiger partial charge in [0.15, 0.2) is 0 Å². The predicted octanol–water partition coefficient (Wildman–Crippen LogP) is 13.6. The average Bonchev–Trinajstić information content (AvgIpc) is 3.19. The molecule has 0 saturated heterocycles. The molecular weight excluding hydrogens is 669 g/mol. The number of hydrogen-bond donors (Lipinski definition) is 0. The van der Waals surface area contributed by atoms with Gasteiger partial charge >= 0.3 is 11.9 Å². The first-order chi connectivity index (χ1) is 26.5. The van der Waals surface area contributed by atoms with Crippen LogP contribution in [0, 0.1) is 0 Å². The molecule has 54 heavy (non-hydrogen) atoms. The van der Waals surface area contributed by atoms with E-state index in [2.05, 4.69) is 37.5 Å². The van der Waals surface area contributed by atoms with E-state index in [1.165, 1.54) is 180 Å². The van der Waals surface area contributed by atoms with Crippen molar-refractivity contribution in [2.24, 2.45) is 0 Å². The number of benzene rings is 1. The van der Waals surface area contributed by atoms with Crippen LogP contribution in [0.3, 0.4) is 0 Å². The fourth-order valence-corrected chi connectivity index (χ4v) is 7.25. The number of rotatable bonds is 40. The standard InChI is InChI=1S/C48H88N2O4/c1-5-9-13-17-21-25-37-49(38-26-22-18-14-10-6-2)41-29-31-43-53-47(51)45-33-35-46(36-34-45)48(52)54-44-32-30-42-50(39-27-23-19-15-11-7-3)40-28-24-20-16-12-8-4/h33-36H,5-32,37-44H2,1-4H3. The van der Waals surface area contributed by atoms with E-state index in [1.807, 2.05) is 0 Å². The van der Waals surface area contributed by atoms with Crippen LogP contribution in [0.15, 0.2) is 24.3 Å². The van der Waals surface area contributed by atoms with Crippen molar-refractivity contribution >= 4 is 11.9 Å². The Balaban J connectivity index is 2.35. The second-order valence-corrected chi connectivity index (χ2v) is 16.0. The molecule has 0 saturated carbocycles. The van der Waals surface area contributed by atoms with Gasteiger partial charge in [0.2, 0.25) is 0 Å². The third-order valence-corrected chi connectivity index (χ3v) is 10.9. The Hall–Kier alpha value is -1.92. The van der Waals surface area contributed by atoms with Crippen molar-refractivity contribution in [3.8, 4) is 0 Å². The fourth-order valence-electron chi connectivity index (χ4n) is 7.25. The molecule has 6 heteroatoms. The zero-order valence-corrected chi connectivity index (χ0v) is 36.3. The topological polar surface area (TPSA) is 59.1 Å². The molecule has 0 atom stereocenters. The zero-order chi connectivity index (χ0) is 39.2. The minimum Gasteiger partial charge on any atom is -0.462 e. The summed E-state index contributed by atoms with van der Waals surface area (Å²) < 4.78 is 11.2. The highest BCUT2D eigenvalue weighted by Gasteiger charge is 2.12. The normalized spacial score (nSPS) is 11.5. The summed E-state index contributed by atoms with van der Waals surface area (Å²) in [5.41, 5.74) is 0.963. The summed E-state index contributed by atoms with van der Waals surface area (Å²) in [4.78, 5) is 30.7. The summed E-state index contributed by atoms with van der Waals surface area (Å²) in [5, 5.41) is 0. The molecule has 0 fully saturated rings. The average molecular weight is 757 g/mol. The Kier molecular flexibility index (Phi) is 35.2. The minimum absolute atomic E-state index is 0.322. The molecule has 0 radical (unpaired) electrons. The Labute approximate surface area is 335 Å². The SMILES string of the molecule is CCCCCCCCN(CCCCCCCC)CCCCOC(=O)c1ccc(C(=O)OCCCCN(CCCCCCCC)CCCCCCCC)cc1. The van der Waals surface area contributed by atoms with E-state index in [1.54, 1.807) is 24.3 Å². The van der Waals surface area contributed by atoms with Crippen molar-refractivity contribution < 1.29 is 19.1 Å². The third kappa shape index (κ3) is 29.4. The van der Waals surface area contributed by atoms with Gasteiger partial charge in [0.05, 0.1) is 24.3 Å². The van der Waals surface area contributed by atoms with E-state index in [-0.39, 0.29) is 11.9 Å². The lowest BCUT2D eigenvalue weighted by Gasteiger charge is -2.22. The van der Waals surface area contributed by atoms with Crippen LogP contribution >= 0.6 is 0 Å². The predicted molar refractivity (Wildman–Crippen MR) is 232 cm³/mol. The van der Waals surface area contributed by atoms with E-state index in [0.29, 0.717) is 24.3 Å². The van der Waals surface area contributed by atoms with E-state index in [4.69, 9.17) is 9.47 Å². The van der Waals surface area contributed by atoms with Crippen molar-refractivity contribution in [2.45, 2.75) is 207 Å². The van der Waals surface area contributed by atoms with Crippen LogP contribution in [0.1, 0.15) is 228 Å². The molecule has 0 aliphatic heterocycles. The Morgan fingerprint density at radius 2 is 0.574 bits per heavy atom. The van der Waals surface area contributed by atoms with Gasteiger partial charge in [-0.3, -0.25) is 0 Å². The van der Waals surface area contributed by atoms with E-state index >= 15 is 0 Å². The van der Waals surface area contributed by atoms with E-state index in [0.717, 1.165) is 38.8 Å². The molecule has 1 aromatic carbocycles. The molecule has 314 valence electrons. The van der Waals surface area contributed by atoms with Crippen LogP contribution in [-0.2, 0) is 9.47 Å². The maximum Gasteiger partial charge on any atom is 0.338 e. The van der Waals surface area contributed by atoms with E-state index < -0.39 is 0 Å². The number of carbonyl (C=O) groups is 2. The fraction of sp³-hybridized carbons (Fsp3) is 0.833. The zero-order valence-electron chi connectivity index (χ0n) is 36.3. The lowest BCUT2D eigenvalue weighted by molar-refractivity contribution is 0.0480. The molecular formula is C48H88N2O4. The lowest BCUT2D eigenvalue weighted by Crippen LogP contribution is -2.27. The van der Waals surface area contributed by atoms with Gasteiger partial charge in [-0.2, -0.15) is 0 Å².